The number of rotatable bonds is 2. The van der Waals surface area contributed by atoms with Gasteiger partial charge >= 0.3 is 6.18 Å². The molecule has 1 aromatic heterocycles. The van der Waals surface area contributed by atoms with Crippen LogP contribution in [0, 0.1) is 0 Å². The molecule has 7 heteroatoms. The molecule has 0 saturated carbocycles. The Morgan fingerprint density at radius 3 is 2.35 bits per heavy atom. The SMILES string of the molecule is Cn1c(NC(=O)c2ccc(C(F)(F)F)cc2)nc2ccccc21. The van der Waals surface area contributed by atoms with Gasteiger partial charge in [0.1, 0.15) is 0 Å². The van der Waals surface area contributed by atoms with E-state index in [4.69, 9.17) is 0 Å². The van der Waals surface area contributed by atoms with Crippen molar-refractivity contribution < 1.29 is 18.0 Å². The van der Waals surface area contributed by atoms with Gasteiger partial charge in [-0.3, -0.25) is 10.1 Å². The number of halogens is 3. The molecule has 0 saturated heterocycles. The number of carbonyl (C=O) groups is 1. The summed E-state index contributed by atoms with van der Waals surface area (Å²) in [6.45, 7) is 0. The van der Waals surface area contributed by atoms with E-state index in [0.29, 0.717) is 5.95 Å². The molecule has 23 heavy (non-hydrogen) atoms. The Balaban J connectivity index is 1.84. The molecule has 0 bridgehead atoms. The molecule has 0 aliphatic heterocycles. The molecular formula is C16H12F3N3O. The number of nitrogens with one attached hydrogen (secondary N) is 1. The first kappa shape index (κ1) is 15.1. The monoisotopic (exact) mass is 319 g/mol. The zero-order valence-electron chi connectivity index (χ0n) is 12.1. The molecule has 0 atom stereocenters. The van der Waals surface area contributed by atoms with E-state index in [-0.39, 0.29) is 5.56 Å². The Hall–Kier alpha value is -2.83. The highest BCUT2D eigenvalue weighted by molar-refractivity contribution is 6.04. The van der Waals surface area contributed by atoms with E-state index in [9.17, 15) is 18.0 Å². The van der Waals surface area contributed by atoms with Crippen molar-refractivity contribution in [1.82, 2.24) is 9.55 Å². The van der Waals surface area contributed by atoms with Crippen LogP contribution in [0.15, 0.2) is 48.5 Å². The van der Waals surface area contributed by atoms with Crippen LogP contribution in [0.5, 0.6) is 0 Å². The molecule has 3 rings (SSSR count). The minimum absolute atomic E-state index is 0.130. The highest BCUT2D eigenvalue weighted by atomic mass is 19.4. The maximum atomic E-state index is 12.5. The lowest BCUT2D eigenvalue weighted by Crippen LogP contribution is -2.15. The number of benzene rings is 2. The van der Waals surface area contributed by atoms with Gasteiger partial charge in [0.15, 0.2) is 0 Å². The summed E-state index contributed by atoms with van der Waals surface area (Å²) in [5, 5.41) is 2.61. The number of nitrogens with zero attached hydrogens (tertiary/aromatic N) is 2. The second kappa shape index (κ2) is 5.42. The van der Waals surface area contributed by atoms with Gasteiger partial charge in [-0.2, -0.15) is 13.2 Å². The van der Waals surface area contributed by atoms with Crippen molar-refractivity contribution in [3.8, 4) is 0 Å². The molecule has 0 aliphatic carbocycles. The molecule has 0 fully saturated rings. The van der Waals surface area contributed by atoms with Crippen LogP contribution < -0.4 is 5.32 Å². The van der Waals surface area contributed by atoms with Gasteiger partial charge in [-0.15, -0.1) is 0 Å². The Morgan fingerprint density at radius 1 is 1.09 bits per heavy atom. The second-order valence-electron chi connectivity index (χ2n) is 5.01. The van der Waals surface area contributed by atoms with E-state index < -0.39 is 17.6 Å². The van der Waals surface area contributed by atoms with Crippen LogP contribution in [-0.4, -0.2) is 15.5 Å². The Labute approximate surface area is 129 Å². The average Bonchev–Trinajstić information content (AvgIpc) is 2.83. The lowest BCUT2D eigenvalue weighted by Gasteiger charge is -2.08. The van der Waals surface area contributed by atoms with Crippen LogP contribution in [0.2, 0.25) is 0 Å². The molecule has 3 aromatic rings. The van der Waals surface area contributed by atoms with Crippen LogP contribution in [-0.2, 0) is 13.2 Å². The summed E-state index contributed by atoms with van der Waals surface area (Å²) in [5.41, 5.74) is 0.898. The fourth-order valence-corrected chi connectivity index (χ4v) is 2.24. The van der Waals surface area contributed by atoms with Crippen molar-refractivity contribution in [1.29, 1.82) is 0 Å². The fourth-order valence-electron chi connectivity index (χ4n) is 2.24. The van der Waals surface area contributed by atoms with Gasteiger partial charge in [-0.05, 0) is 36.4 Å². The minimum atomic E-state index is -4.42. The second-order valence-corrected chi connectivity index (χ2v) is 5.01. The molecule has 0 aliphatic rings. The third-order valence-electron chi connectivity index (χ3n) is 3.49. The lowest BCUT2D eigenvalue weighted by molar-refractivity contribution is -0.137. The number of hydrogen-bond donors (Lipinski definition) is 1. The molecule has 1 amide bonds. The van der Waals surface area contributed by atoms with Gasteiger partial charge in [0, 0.05) is 12.6 Å². The van der Waals surface area contributed by atoms with Gasteiger partial charge in [0.25, 0.3) is 5.91 Å². The van der Waals surface area contributed by atoms with Crippen LogP contribution in [0.1, 0.15) is 15.9 Å². The molecule has 0 unspecified atom stereocenters. The van der Waals surface area contributed by atoms with Crippen molar-refractivity contribution in [2.45, 2.75) is 6.18 Å². The van der Waals surface area contributed by atoms with E-state index in [1.807, 2.05) is 24.3 Å². The number of hydrogen-bond acceptors (Lipinski definition) is 2. The van der Waals surface area contributed by atoms with E-state index in [1.165, 1.54) is 0 Å². The highest BCUT2D eigenvalue weighted by Gasteiger charge is 2.30. The van der Waals surface area contributed by atoms with E-state index in [0.717, 1.165) is 35.3 Å². The highest BCUT2D eigenvalue weighted by Crippen LogP contribution is 2.29. The summed E-state index contributed by atoms with van der Waals surface area (Å²) < 4.78 is 39.3. The number of aryl methyl sites for hydroxylation is 1. The molecule has 2 aromatic carbocycles. The van der Waals surface area contributed by atoms with Gasteiger partial charge < -0.3 is 4.57 Å². The number of para-hydroxylation sites is 2. The molecular weight excluding hydrogens is 307 g/mol. The smallest absolute Gasteiger partial charge is 0.313 e. The maximum absolute atomic E-state index is 12.5. The number of aromatic nitrogens is 2. The Bertz CT molecular complexity index is 866. The zero-order valence-corrected chi connectivity index (χ0v) is 12.1. The summed E-state index contributed by atoms with van der Waals surface area (Å²) in [5.74, 6) is -0.187. The summed E-state index contributed by atoms with van der Waals surface area (Å²) in [7, 11) is 1.75. The quantitative estimate of drug-likeness (QED) is 0.780. The first-order valence-corrected chi connectivity index (χ1v) is 6.76. The summed E-state index contributed by atoms with van der Waals surface area (Å²) in [6, 6.07) is 11.4. The van der Waals surface area contributed by atoms with Gasteiger partial charge in [0.2, 0.25) is 5.95 Å². The third kappa shape index (κ3) is 2.90. The molecule has 1 heterocycles. The third-order valence-corrected chi connectivity index (χ3v) is 3.49. The van der Waals surface area contributed by atoms with Crippen molar-refractivity contribution in [3.63, 3.8) is 0 Å². The standard InChI is InChI=1S/C16H12F3N3O/c1-22-13-5-3-2-4-12(13)20-15(22)21-14(23)10-6-8-11(9-7-10)16(17,18)19/h2-9H,1H3,(H,20,21,23). The Morgan fingerprint density at radius 2 is 1.74 bits per heavy atom. The zero-order chi connectivity index (χ0) is 16.6. The number of anilines is 1. The van der Waals surface area contributed by atoms with Crippen LogP contribution >= 0.6 is 0 Å². The summed E-state index contributed by atoms with van der Waals surface area (Å²) in [4.78, 5) is 16.4. The number of carbonyl (C=O) groups excluding carboxylic acids is 1. The van der Waals surface area contributed by atoms with Gasteiger partial charge in [-0.25, -0.2) is 4.98 Å². The molecule has 0 radical (unpaired) electrons. The number of fused-ring (bicyclic) bond motifs is 1. The largest absolute Gasteiger partial charge is 0.416 e. The molecule has 0 spiro atoms. The number of imidazole rings is 1. The predicted octanol–water partition coefficient (Wildman–Crippen LogP) is 3.84. The topological polar surface area (TPSA) is 46.9 Å². The lowest BCUT2D eigenvalue weighted by atomic mass is 10.1. The summed E-state index contributed by atoms with van der Waals surface area (Å²) >= 11 is 0. The normalized spacial score (nSPS) is 11.7. The first-order chi connectivity index (χ1) is 10.9. The number of alkyl halides is 3. The molecule has 4 nitrogen and oxygen atoms in total. The van der Waals surface area contributed by atoms with E-state index in [1.54, 1.807) is 11.6 Å². The van der Waals surface area contributed by atoms with E-state index in [2.05, 4.69) is 10.3 Å². The predicted molar refractivity (Wildman–Crippen MR) is 80.1 cm³/mol. The van der Waals surface area contributed by atoms with Crippen LogP contribution in [0.3, 0.4) is 0 Å². The molecule has 118 valence electrons. The van der Waals surface area contributed by atoms with Crippen molar-refractivity contribution in [2.24, 2.45) is 7.05 Å². The number of amides is 1. The van der Waals surface area contributed by atoms with Gasteiger partial charge in [-0.1, -0.05) is 12.1 Å². The first-order valence-electron chi connectivity index (χ1n) is 6.76. The van der Waals surface area contributed by atoms with Gasteiger partial charge in [0.05, 0.1) is 16.6 Å². The maximum Gasteiger partial charge on any atom is 0.416 e. The molecule has 1 N–H and O–H groups in total. The van der Waals surface area contributed by atoms with E-state index >= 15 is 0 Å². The van der Waals surface area contributed by atoms with Crippen molar-refractivity contribution in [2.75, 3.05) is 5.32 Å². The van der Waals surface area contributed by atoms with Crippen molar-refractivity contribution >= 4 is 22.9 Å². The Kier molecular flexibility index (Phi) is 3.55. The van der Waals surface area contributed by atoms with Crippen molar-refractivity contribution in [3.05, 3.63) is 59.7 Å². The average molecular weight is 319 g/mol. The minimum Gasteiger partial charge on any atom is -0.313 e. The fraction of sp³-hybridized carbons (Fsp3) is 0.125. The summed E-state index contributed by atoms with van der Waals surface area (Å²) in [6.07, 6.45) is -4.42. The van der Waals surface area contributed by atoms with Crippen LogP contribution in [0.4, 0.5) is 19.1 Å². The van der Waals surface area contributed by atoms with Crippen LogP contribution in [0.25, 0.3) is 11.0 Å².